The van der Waals surface area contributed by atoms with Gasteiger partial charge in [-0.15, -0.1) is 0 Å². The number of piperidine rings is 1. The number of pyridine rings is 1. The van der Waals surface area contributed by atoms with E-state index in [1.165, 1.54) is 12.8 Å². The zero-order valence-corrected chi connectivity index (χ0v) is 11.7. The number of carboxylic acid groups (broad SMARTS) is 1. The Bertz CT molecular complexity index is 701. The van der Waals surface area contributed by atoms with E-state index in [0.29, 0.717) is 17.6 Å². The molecule has 2 bridgehead atoms. The topological polar surface area (TPSA) is 62.2 Å². The van der Waals surface area contributed by atoms with Gasteiger partial charge in [0.05, 0.1) is 16.8 Å². The smallest absolute Gasteiger partial charge is 0.337 e. The summed E-state index contributed by atoms with van der Waals surface area (Å²) >= 11 is 0. The molecule has 3 heterocycles. The number of aromatic carboxylic acids is 1. The lowest BCUT2D eigenvalue weighted by molar-refractivity contribution is 0.0694. The van der Waals surface area contributed by atoms with Crippen molar-refractivity contribution in [2.45, 2.75) is 43.7 Å². The minimum atomic E-state index is -0.867. The van der Waals surface area contributed by atoms with Gasteiger partial charge in [0.25, 0.3) is 0 Å². The van der Waals surface area contributed by atoms with E-state index >= 15 is 0 Å². The third-order valence-electron chi connectivity index (χ3n) is 4.84. The van der Waals surface area contributed by atoms with E-state index in [0.717, 1.165) is 29.4 Å². The number of hydrogen-bond acceptors (Lipinski definition) is 3. The third-order valence-corrected chi connectivity index (χ3v) is 4.84. The first-order valence-electron chi connectivity index (χ1n) is 7.60. The maximum atomic E-state index is 11.6. The standard InChI is InChI=1S/C17H18N2O2/c20-17(21)14-9-10-3-1-2-4-15(10)19-16(14)11-7-12-5-6-13(8-11)18-12/h1-4,9,11-13,18H,5-8H2,(H,20,21). The van der Waals surface area contributed by atoms with Gasteiger partial charge in [-0.2, -0.15) is 0 Å². The molecule has 2 atom stereocenters. The lowest BCUT2D eigenvalue weighted by Gasteiger charge is -2.29. The van der Waals surface area contributed by atoms with Crippen molar-refractivity contribution in [2.75, 3.05) is 0 Å². The summed E-state index contributed by atoms with van der Waals surface area (Å²) in [5, 5.41) is 14.0. The van der Waals surface area contributed by atoms with Crippen LogP contribution in [-0.4, -0.2) is 28.1 Å². The SMILES string of the molecule is O=C(O)c1cc2ccccc2nc1C1CC2CCC(C1)N2. The van der Waals surface area contributed by atoms with Gasteiger partial charge in [0.2, 0.25) is 0 Å². The summed E-state index contributed by atoms with van der Waals surface area (Å²) < 4.78 is 0. The molecule has 108 valence electrons. The van der Waals surface area contributed by atoms with Crippen LogP contribution in [0.2, 0.25) is 0 Å². The number of aromatic nitrogens is 1. The zero-order valence-electron chi connectivity index (χ0n) is 11.7. The van der Waals surface area contributed by atoms with E-state index in [-0.39, 0.29) is 5.92 Å². The number of rotatable bonds is 2. The first-order chi connectivity index (χ1) is 10.2. The molecular weight excluding hydrogens is 264 g/mol. The molecule has 2 N–H and O–H groups in total. The fourth-order valence-corrected chi connectivity index (χ4v) is 3.89. The van der Waals surface area contributed by atoms with Crippen LogP contribution in [0.25, 0.3) is 10.9 Å². The van der Waals surface area contributed by atoms with Gasteiger partial charge in [0, 0.05) is 23.4 Å². The van der Waals surface area contributed by atoms with Crippen molar-refractivity contribution in [3.8, 4) is 0 Å². The van der Waals surface area contributed by atoms with Gasteiger partial charge in [0.1, 0.15) is 0 Å². The van der Waals surface area contributed by atoms with Gasteiger partial charge < -0.3 is 10.4 Å². The van der Waals surface area contributed by atoms with Gasteiger partial charge in [-0.25, -0.2) is 4.79 Å². The van der Waals surface area contributed by atoms with Crippen molar-refractivity contribution < 1.29 is 9.90 Å². The lowest BCUT2D eigenvalue weighted by Crippen LogP contribution is -2.37. The number of hydrogen-bond donors (Lipinski definition) is 2. The summed E-state index contributed by atoms with van der Waals surface area (Å²) in [6.07, 6.45) is 4.42. The largest absolute Gasteiger partial charge is 0.478 e. The summed E-state index contributed by atoms with van der Waals surface area (Å²) in [5.74, 6) is -0.603. The Labute approximate surface area is 123 Å². The second-order valence-corrected chi connectivity index (χ2v) is 6.23. The minimum Gasteiger partial charge on any atom is -0.478 e. The highest BCUT2D eigenvalue weighted by molar-refractivity contribution is 5.94. The Morgan fingerprint density at radius 2 is 1.90 bits per heavy atom. The average Bonchev–Trinajstić information content (AvgIpc) is 2.84. The molecule has 4 nitrogen and oxygen atoms in total. The predicted molar refractivity (Wildman–Crippen MR) is 80.6 cm³/mol. The summed E-state index contributed by atoms with van der Waals surface area (Å²) in [6, 6.07) is 10.6. The zero-order chi connectivity index (χ0) is 14.4. The molecule has 4 heteroatoms. The molecule has 0 saturated carbocycles. The second kappa shape index (κ2) is 4.81. The first kappa shape index (κ1) is 12.8. The van der Waals surface area contributed by atoms with Crippen molar-refractivity contribution in [1.29, 1.82) is 0 Å². The minimum absolute atomic E-state index is 0.263. The van der Waals surface area contributed by atoms with Gasteiger partial charge in [-0.3, -0.25) is 4.98 Å². The molecular formula is C17H18N2O2. The van der Waals surface area contributed by atoms with Crippen LogP contribution in [0.3, 0.4) is 0 Å². The molecule has 1 aromatic heterocycles. The summed E-state index contributed by atoms with van der Waals surface area (Å²) in [6.45, 7) is 0. The Morgan fingerprint density at radius 1 is 1.19 bits per heavy atom. The van der Waals surface area contributed by atoms with Crippen molar-refractivity contribution in [3.05, 3.63) is 41.6 Å². The predicted octanol–water partition coefficient (Wildman–Crippen LogP) is 2.93. The van der Waals surface area contributed by atoms with E-state index < -0.39 is 5.97 Å². The van der Waals surface area contributed by atoms with E-state index in [9.17, 15) is 9.90 Å². The van der Waals surface area contributed by atoms with Gasteiger partial charge in [-0.1, -0.05) is 18.2 Å². The molecule has 0 radical (unpaired) electrons. The molecule has 1 aromatic carbocycles. The van der Waals surface area contributed by atoms with Crippen LogP contribution in [0.5, 0.6) is 0 Å². The van der Waals surface area contributed by atoms with Gasteiger partial charge in [-0.05, 0) is 37.8 Å². The van der Waals surface area contributed by atoms with Crippen LogP contribution in [0.1, 0.15) is 47.7 Å². The summed E-state index contributed by atoms with van der Waals surface area (Å²) in [5.41, 5.74) is 2.04. The van der Waals surface area contributed by atoms with Crippen LogP contribution in [-0.2, 0) is 0 Å². The first-order valence-corrected chi connectivity index (χ1v) is 7.60. The Kier molecular flexibility index (Phi) is 2.93. The average molecular weight is 282 g/mol. The van der Waals surface area contributed by atoms with Crippen molar-refractivity contribution >= 4 is 16.9 Å². The highest BCUT2D eigenvalue weighted by Crippen LogP contribution is 2.38. The number of nitrogens with one attached hydrogen (secondary N) is 1. The third kappa shape index (κ3) is 2.20. The van der Waals surface area contributed by atoms with E-state index in [1.54, 1.807) is 6.07 Å². The van der Waals surface area contributed by atoms with E-state index in [4.69, 9.17) is 4.98 Å². The number of benzene rings is 1. The van der Waals surface area contributed by atoms with Crippen LogP contribution < -0.4 is 5.32 Å². The molecule has 2 aliphatic rings. The Balaban J connectivity index is 1.82. The Hall–Kier alpha value is -1.94. The lowest BCUT2D eigenvalue weighted by atomic mass is 9.86. The quantitative estimate of drug-likeness (QED) is 0.889. The molecule has 21 heavy (non-hydrogen) atoms. The van der Waals surface area contributed by atoms with Crippen molar-refractivity contribution in [2.24, 2.45) is 0 Å². The molecule has 0 spiro atoms. The van der Waals surface area contributed by atoms with E-state index in [1.807, 2.05) is 24.3 Å². The number of para-hydroxylation sites is 1. The summed E-state index contributed by atoms with van der Waals surface area (Å²) in [4.78, 5) is 16.3. The maximum Gasteiger partial charge on any atom is 0.337 e. The van der Waals surface area contributed by atoms with Crippen LogP contribution >= 0.6 is 0 Å². The van der Waals surface area contributed by atoms with Crippen molar-refractivity contribution in [3.63, 3.8) is 0 Å². The monoisotopic (exact) mass is 282 g/mol. The number of carbonyl (C=O) groups is 1. The number of nitrogens with zero attached hydrogens (tertiary/aromatic N) is 1. The summed E-state index contributed by atoms with van der Waals surface area (Å²) in [7, 11) is 0. The number of carboxylic acids is 1. The fourth-order valence-electron chi connectivity index (χ4n) is 3.89. The molecule has 2 aliphatic heterocycles. The highest BCUT2D eigenvalue weighted by Gasteiger charge is 2.36. The number of fused-ring (bicyclic) bond motifs is 3. The molecule has 2 fully saturated rings. The second-order valence-electron chi connectivity index (χ2n) is 6.23. The van der Waals surface area contributed by atoms with Gasteiger partial charge >= 0.3 is 5.97 Å². The van der Waals surface area contributed by atoms with Crippen LogP contribution in [0, 0.1) is 0 Å². The highest BCUT2D eigenvalue weighted by atomic mass is 16.4. The molecule has 0 aliphatic carbocycles. The molecule has 2 saturated heterocycles. The van der Waals surface area contributed by atoms with Crippen molar-refractivity contribution in [1.82, 2.24) is 10.3 Å². The molecule has 0 amide bonds. The normalized spacial score (nSPS) is 27.9. The van der Waals surface area contributed by atoms with E-state index in [2.05, 4.69) is 5.32 Å². The maximum absolute atomic E-state index is 11.6. The fraction of sp³-hybridized carbons (Fsp3) is 0.412. The van der Waals surface area contributed by atoms with Gasteiger partial charge in [0.15, 0.2) is 0 Å². The van der Waals surface area contributed by atoms with Crippen LogP contribution in [0.15, 0.2) is 30.3 Å². The van der Waals surface area contributed by atoms with Crippen LogP contribution in [0.4, 0.5) is 0 Å². The molecule has 4 rings (SSSR count). The Morgan fingerprint density at radius 3 is 2.62 bits per heavy atom. The molecule has 2 unspecified atom stereocenters. The molecule has 2 aromatic rings.